The number of ether oxygens (including phenoxy) is 1. The van der Waals surface area contributed by atoms with Gasteiger partial charge in [0.2, 0.25) is 0 Å². The number of carbonyl (C=O) groups is 1. The van der Waals surface area contributed by atoms with E-state index in [1.807, 2.05) is 48.5 Å². The van der Waals surface area contributed by atoms with Gasteiger partial charge in [-0.05, 0) is 23.8 Å². The summed E-state index contributed by atoms with van der Waals surface area (Å²) in [5.74, 6) is 0.145. The summed E-state index contributed by atoms with van der Waals surface area (Å²) in [6.45, 7) is 0. The molecule has 0 saturated carbocycles. The summed E-state index contributed by atoms with van der Waals surface area (Å²) in [6, 6.07) is 17.9. The number of benzene rings is 2. The number of methoxy groups -OCH3 is 1. The van der Waals surface area contributed by atoms with Crippen LogP contribution in [0.1, 0.15) is 16.1 Å². The first-order chi connectivity index (χ1) is 12.7. The highest BCUT2D eigenvalue weighted by atomic mass is 16.5. The van der Waals surface area contributed by atoms with Gasteiger partial charge in [-0.15, -0.1) is 0 Å². The third kappa shape index (κ3) is 4.21. The van der Waals surface area contributed by atoms with Gasteiger partial charge in [0, 0.05) is 5.56 Å². The van der Waals surface area contributed by atoms with Crippen LogP contribution >= 0.6 is 0 Å². The largest absolute Gasteiger partial charge is 0.497 e. The number of H-pyrrole nitrogens is 1. The van der Waals surface area contributed by atoms with Crippen LogP contribution in [0.5, 0.6) is 5.75 Å². The van der Waals surface area contributed by atoms with Gasteiger partial charge in [-0.2, -0.15) is 10.1 Å². The van der Waals surface area contributed by atoms with Gasteiger partial charge >= 0.3 is 5.69 Å². The van der Waals surface area contributed by atoms with Crippen LogP contribution in [0.4, 0.5) is 0 Å². The molecule has 7 heteroatoms. The minimum atomic E-state index is -0.603. The molecule has 0 aliphatic heterocycles. The van der Waals surface area contributed by atoms with Gasteiger partial charge in [-0.3, -0.25) is 4.79 Å². The molecule has 2 N–H and O–H groups in total. The Bertz CT molecular complexity index is 997. The molecule has 0 aliphatic carbocycles. The lowest BCUT2D eigenvalue weighted by molar-refractivity contribution is 0.0949. The van der Waals surface area contributed by atoms with E-state index in [-0.39, 0.29) is 5.69 Å². The van der Waals surface area contributed by atoms with E-state index < -0.39 is 11.6 Å². The molecule has 0 radical (unpaired) electrons. The lowest BCUT2D eigenvalue weighted by atomic mass is 10.1. The van der Waals surface area contributed by atoms with Gasteiger partial charge in [-0.25, -0.2) is 10.2 Å². The zero-order valence-corrected chi connectivity index (χ0v) is 14.0. The Morgan fingerprint density at radius 2 is 1.96 bits per heavy atom. The molecule has 1 amide bonds. The highest BCUT2D eigenvalue weighted by Crippen LogP contribution is 2.15. The molecule has 1 heterocycles. The Morgan fingerprint density at radius 1 is 1.15 bits per heavy atom. The molecule has 0 fully saturated rings. The van der Waals surface area contributed by atoms with E-state index in [0.29, 0.717) is 11.4 Å². The van der Waals surface area contributed by atoms with E-state index in [1.165, 1.54) is 12.3 Å². The fourth-order valence-corrected chi connectivity index (χ4v) is 2.28. The number of hydrogen-bond acceptors (Lipinski definition) is 5. The third-order valence-electron chi connectivity index (χ3n) is 3.53. The van der Waals surface area contributed by atoms with Crippen molar-refractivity contribution in [2.75, 3.05) is 7.11 Å². The Morgan fingerprint density at radius 3 is 2.73 bits per heavy atom. The summed E-state index contributed by atoms with van der Waals surface area (Å²) < 4.78 is 5.12. The van der Waals surface area contributed by atoms with Crippen molar-refractivity contribution in [3.8, 4) is 17.0 Å². The maximum atomic E-state index is 12.2. The lowest BCUT2D eigenvalue weighted by Crippen LogP contribution is -2.24. The average Bonchev–Trinajstić information content (AvgIpc) is 2.68. The molecule has 3 aromatic rings. The van der Waals surface area contributed by atoms with Gasteiger partial charge in [0.05, 0.1) is 19.0 Å². The van der Waals surface area contributed by atoms with Crippen molar-refractivity contribution in [1.82, 2.24) is 15.4 Å². The zero-order chi connectivity index (χ0) is 18.4. The van der Waals surface area contributed by atoms with Crippen LogP contribution in [-0.2, 0) is 0 Å². The van der Waals surface area contributed by atoms with Crippen molar-refractivity contribution in [1.29, 1.82) is 0 Å². The maximum Gasteiger partial charge on any atom is 0.346 e. The number of carbonyl (C=O) groups excluding carboxylic acids is 1. The molecule has 2 aromatic carbocycles. The second kappa shape index (κ2) is 7.89. The summed E-state index contributed by atoms with van der Waals surface area (Å²) >= 11 is 0. The maximum absolute atomic E-state index is 12.2. The normalized spacial score (nSPS) is 10.7. The van der Waals surface area contributed by atoms with Crippen molar-refractivity contribution in [3.63, 3.8) is 0 Å². The second-order valence-corrected chi connectivity index (χ2v) is 5.33. The highest BCUT2D eigenvalue weighted by Gasteiger charge is 2.09. The summed E-state index contributed by atoms with van der Waals surface area (Å²) in [5.41, 5.74) is 3.77. The predicted octanol–water partition coefficient (Wildman–Crippen LogP) is 2.21. The summed E-state index contributed by atoms with van der Waals surface area (Å²) in [7, 11) is 1.57. The van der Waals surface area contributed by atoms with Crippen LogP contribution in [0.2, 0.25) is 0 Å². The fraction of sp³-hybridized carbons (Fsp3) is 0.0526. The number of hydrogen-bond donors (Lipinski definition) is 2. The van der Waals surface area contributed by atoms with E-state index in [2.05, 4.69) is 20.5 Å². The van der Waals surface area contributed by atoms with Gasteiger partial charge < -0.3 is 9.72 Å². The van der Waals surface area contributed by atoms with Gasteiger partial charge in [0.25, 0.3) is 5.91 Å². The van der Waals surface area contributed by atoms with E-state index in [1.54, 1.807) is 13.2 Å². The van der Waals surface area contributed by atoms with Crippen LogP contribution in [0.25, 0.3) is 11.3 Å². The van der Waals surface area contributed by atoms with E-state index in [0.717, 1.165) is 11.1 Å². The first-order valence-electron chi connectivity index (χ1n) is 7.80. The lowest BCUT2D eigenvalue weighted by Gasteiger charge is -2.04. The number of aromatic nitrogens is 2. The minimum Gasteiger partial charge on any atom is -0.497 e. The molecule has 0 bridgehead atoms. The number of aromatic amines is 1. The van der Waals surface area contributed by atoms with Crippen LogP contribution in [0.3, 0.4) is 0 Å². The number of rotatable bonds is 5. The predicted molar refractivity (Wildman–Crippen MR) is 98.3 cm³/mol. The number of hydrazone groups is 1. The Hall–Kier alpha value is -3.74. The number of nitrogens with one attached hydrogen (secondary N) is 2. The average molecular weight is 348 g/mol. The van der Waals surface area contributed by atoms with Crippen molar-refractivity contribution in [2.24, 2.45) is 5.10 Å². The Balaban J connectivity index is 1.76. The van der Waals surface area contributed by atoms with E-state index >= 15 is 0 Å². The SMILES string of the molecule is COc1cccc(/C=N/NC(=O)c2cc(-c3ccccc3)nc(=O)[nH]2)c1. The smallest absolute Gasteiger partial charge is 0.346 e. The minimum absolute atomic E-state index is 0.0756. The topological polar surface area (TPSA) is 96.4 Å². The number of amides is 1. The summed E-state index contributed by atoms with van der Waals surface area (Å²) in [4.78, 5) is 30.3. The molecule has 0 aliphatic rings. The van der Waals surface area contributed by atoms with Crippen LogP contribution in [-0.4, -0.2) is 29.2 Å². The molecule has 130 valence electrons. The summed E-state index contributed by atoms with van der Waals surface area (Å²) in [5, 5.41) is 3.90. The molecular formula is C19H16N4O3. The highest BCUT2D eigenvalue weighted by molar-refractivity contribution is 5.93. The second-order valence-electron chi connectivity index (χ2n) is 5.33. The van der Waals surface area contributed by atoms with Crippen molar-refractivity contribution in [3.05, 3.63) is 82.4 Å². The Kier molecular flexibility index (Phi) is 5.19. The molecule has 1 aromatic heterocycles. The Labute approximate surface area is 149 Å². The van der Waals surface area contributed by atoms with Crippen molar-refractivity contribution < 1.29 is 9.53 Å². The van der Waals surface area contributed by atoms with E-state index in [9.17, 15) is 9.59 Å². The monoisotopic (exact) mass is 348 g/mol. The van der Waals surface area contributed by atoms with Crippen molar-refractivity contribution >= 4 is 12.1 Å². The molecular weight excluding hydrogens is 332 g/mol. The van der Waals surface area contributed by atoms with Crippen LogP contribution in [0, 0.1) is 0 Å². The first-order valence-corrected chi connectivity index (χ1v) is 7.80. The molecule has 0 unspecified atom stereocenters. The van der Waals surface area contributed by atoms with Crippen molar-refractivity contribution in [2.45, 2.75) is 0 Å². The first kappa shape index (κ1) is 17.1. The molecule has 0 spiro atoms. The van der Waals surface area contributed by atoms with E-state index in [4.69, 9.17) is 4.74 Å². The molecule has 7 nitrogen and oxygen atoms in total. The zero-order valence-electron chi connectivity index (χ0n) is 14.0. The molecule has 3 rings (SSSR count). The van der Waals surface area contributed by atoms with Crippen LogP contribution < -0.4 is 15.9 Å². The quantitative estimate of drug-likeness (QED) is 0.546. The number of nitrogens with zero attached hydrogens (tertiary/aromatic N) is 2. The summed E-state index contributed by atoms with van der Waals surface area (Å²) in [6.07, 6.45) is 1.48. The molecule has 0 saturated heterocycles. The van der Waals surface area contributed by atoms with Gasteiger partial charge in [0.15, 0.2) is 0 Å². The third-order valence-corrected chi connectivity index (χ3v) is 3.53. The van der Waals surface area contributed by atoms with Gasteiger partial charge in [0.1, 0.15) is 11.4 Å². The molecule has 26 heavy (non-hydrogen) atoms. The fourth-order valence-electron chi connectivity index (χ4n) is 2.28. The standard InChI is InChI=1S/C19H16N4O3/c1-26-15-9-5-6-13(10-15)12-20-23-18(24)17-11-16(21-19(25)22-17)14-7-3-2-4-8-14/h2-12H,1H3,(H,23,24)(H,21,22,25)/b20-12+. The van der Waals surface area contributed by atoms with Gasteiger partial charge in [-0.1, -0.05) is 42.5 Å². The van der Waals surface area contributed by atoms with Crippen LogP contribution in [0.15, 0.2) is 70.6 Å². The molecule has 0 atom stereocenters.